The van der Waals surface area contributed by atoms with Gasteiger partial charge in [0.05, 0.1) is 6.42 Å². The summed E-state index contributed by atoms with van der Waals surface area (Å²) in [5.41, 5.74) is 2.98. The molecule has 3 aromatic rings. The minimum Gasteiger partial charge on any atom is -0.352 e. The molecular weight excluding hydrogens is 500 g/mol. The Morgan fingerprint density at radius 2 is 1.46 bits per heavy atom. The molecule has 0 saturated heterocycles. The summed E-state index contributed by atoms with van der Waals surface area (Å²) in [4.78, 5) is 29.3. The van der Waals surface area contributed by atoms with Gasteiger partial charge in [0, 0.05) is 23.5 Å². The van der Waals surface area contributed by atoms with Gasteiger partial charge in [-0.05, 0) is 41.7 Å². The van der Waals surface area contributed by atoms with Gasteiger partial charge in [0.2, 0.25) is 11.8 Å². The van der Waals surface area contributed by atoms with Crippen molar-refractivity contribution < 1.29 is 9.59 Å². The number of carbonyl (C=O) groups excluding carboxylic acids is 2. The highest BCUT2D eigenvalue weighted by Gasteiger charge is 2.31. The second-order valence-electron chi connectivity index (χ2n) is 9.36. The Bertz CT molecular complexity index is 1100. The van der Waals surface area contributed by atoms with Gasteiger partial charge in [-0.3, -0.25) is 9.59 Å². The molecule has 0 radical (unpaired) electrons. The Balaban J connectivity index is 1.64. The predicted octanol–water partition coefficient (Wildman–Crippen LogP) is 6.08. The van der Waals surface area contributed by atoms with Crippen molar-refractivity contribution in [1.82, 2.24) is 10.2 Å². The number of rotatable bonds is 9. The van der Waals surface area contributed by atoms with Crippen LogP contribution in [0.25, 0.3) is 0 Å². The first-order valence-corrected chi connectivity index (χ1v) is 13.3. The number of benzene rings is 3. The van der Waals surface area contributed by atoms with Crippen molar-refractivity contribution >= 4 is 27.7 Å². The molecule has 1 aliphatic rings. The lowest BCUT2D eigenvalue weighted by Crippen LogP contribution is -2.53. The average Bonchev–Trinajstić information content (AvgIpc) is 2.88. The summed E-state index contributed by atoms with van der Waals surface area (Å²) in [7, 11) is 0. The number of halogens is 1. The van der Waals surface area contributed by atoms with Gasteiger partial charge in [0.15, 0.2) is 0 Å². The van der Waals surface area contributed by atoms with E-state index in [9.17, 15) is 9.59 Å². The molecule has 1 saturated carbocycles. The van der Waals surface area contributed by atoms with Gasteiger partial charge in [-0.2, -0.15) is 0 Å². The first kappa shape index (κ1) is 25.2. The summed E-state index contributed by atoms with van der Waals surface area (Å²) >= 11 is 3.55. The second-order valence-corrected chi connectivity index (χ2v) is 10.3. The molecule has 182 valence electrons. The van der Waals surface area contributed by atoms with Crippen molar-refractivity contribution in [3.05, 3.63) is 106 Å². The number of nitrogens with zero attached hydrogens (tertiary/aromatic N) is 1. The second kappa shape index (κ2) is 12.7. The third-order valence-corrected chi connectivity index (χ3v) is 7.16. The van der Waals surface area contributed by atoms with Crippen LogP contribution in [-0.4, -0.2) is 28.8 Å². The quantitative estimate of drug-likeness (QED) is 0.363. The van der Waals surface area contributed by atoms with E-state index in [1.54, 1.807) is 4.90 Å². The van der Waals surface area contributed by atoms with Gasteiger partial charge >= 0.3 is 0 Å². The monoisotopic (exact) mass is 532 g/mol. The van der Waals surface area contributed by atoms with Crippen LogP contribution in [0.5, 0.6) is 0 Å². The van der Waals surface area contributed by atoms with Crippen LogP contribution >= 0.6 is 15.9 Å². The Kier molecular flexibility index (Phi) is 9.13. The molecule has 0 spiro atoms. The van der Waals surface area contributed by atoms with Gasteiger partial charge in [-0.25, -0.2) is 0 Å². The van der Waals surface area contributed by atoms with E-state index in [1.165, 1.54) is 6.42 Å². The van der Waals surface area contributed by atoms with Crippen LogP contribution in [-0.2, 0) is 29.0 Å². The topological polar surface area (TPSA) is 49.4 Å². The smallest absolute Gasteiger partial charge is 0.243 e. The fraction of sp³-hybridized carbons (Fsp3) is 0.333. The van der Waals surface area contributed by atoms with E-state index < -0.39 is 6.04 Å². The number of amides is 2. The summed E-state index contributed by atoms with van der Waals surface area (Å²) in [6, 6.07) is 27.3. The van der Waals surface area contributed by atoms with Crippen LogP contribution in [0.3, 0.4) is 0 Å². The zero-order valence-electron chi connectivity index (χ0n) is 20.0. The van der Waals surface area contributed by atoms with Crippen molar-refractivity contribution in [1.29, 1.82) is 0 Å². The summed E-state index contributed by atoms with van der Waals surface area (Å²) in [6.07, 6.45) is 6.27. The van der Waals surface area contributed by atoms with E-state index in [1.807, 2.05) is 84.9 Å². The van der Waals surface area contributed by atoms with Crippen LogP contribution < -0.4 is 5.32 Å². The van der Waals surface area contributed by atoms with Crippen molar-refractivity contribution in [3.63, 3.8) is 0 Å². The zero-order chi connectivity index (χ0) is 24.5. The molecule has 3 aromatic carbocycles. The zero-order valence-corrected chi connectivity index (χ0v) is 21.6. The highest BCUT2D eigenvalue weighted by molar-refractivity contribution is 9.10. The molecule has 1 unspecified atom stereocenters. The molecule has 4 rings (SSSR count). The lowest BCUT2D eigenvalue weighted by atomic mass is 9.94. The molecule has 1 N–H and O–H groups in total. The third-order valence-electron chi connectivity index (χ3n) is 6.66. The van der Waals surface area contributed by atoms with Gasteiger partial charge < -0.3 is 10.2 Å². The minimum atomic E-state index is -0.588. The van der Waals surface area contributed by atoms with Crippen LogP contribution in [0.4, 0.5) is 0 Å². The van der Waals surface area contributed by atoms with Crippen LogP contribution in [0.1, 0.15) is 48.8 Å². The SMILES string of the molecule is O=C(NC1CCCCC1)C(Cc1ccccc1)N(Cc1cccc(Br)c1)C(=O)Cc1ccccc1. The van der Waals surface area contributed by atoms with E-state index in [2.05, 4.69) is 21.2 Å². The Labute approximate surface area is 216 Å². The molecule has 4 nitrogen and oxygen atoms in total. The maximum absolute atomic E-state index is 13.8. The molecule has 1 aliphatic carbocycles. The van der Waals surface area contributed by atoms with Gasteiger partial charge in [0.25, 0.3) is 0 Å². The predicted molar refractivity (Wildman–Crippen MR) is 144 cm³/mol. The summed E-state index contributed by atoms with van der Waals surface area (Å²) in [6.45, 7) is 0.376. The average molecular weight is 534 g/mol. The van der Waals surface area contributed by atoms with Crippen LogP contribution in [0.15, 0.2) is 89.4 Å². The van der Waals surface area contributed by atoms with E-state index in [0.29, 0.717) is 13.0 Å². The van der Waals surface area contributed by atoms with Crippen LogP contribution in [0, 0.1) is 0 Å². The summed E-state index contributed by atoms with van der Waals surface area (Å²) in [5.74, 6) is -0.104. The van der Waals surface area contributed by atoms with E-state index in [-0.39, 0.29) is 24.3 Å². The van der Waals surface area contributed by atoms with Crippen molar-refractivity contribution in [3.8, 4) is 0 Å². The van der Waals surface area contributed by atoms with Gasteiger partial charge in [0.1, 0.15) is 6.04 Å². The maximum Gasteiger partial charge on any atom is 0.243 e. The number of nitrogens with one attached hydrogen (secondary N) is 1. The standard InChI is InChI=1S/C30H33BrN2O2/c31-26-16-10-15-25(19-26)22-33(29(34)21-24-13-6-2-7-14-24)28(20-23-11-4-1-5-12-23)30(35)32-27-17-8-3-9-18-27/h1-2,4-7,10-16,19,27-28H,3,8-9,17-18,20-22H2,(H,32,35). The fourth-order valence-corrected chi connectivity index (χ4v) is 5.25. The van der Waals surface area contributed by atoms with Crippen LogP contribution in [0.2, 0.25) is 0 Å². The molecule has 1 atom stereocenters. The van der Waals surface area contributed by atoms with E-state index >= 15 is 0 Å². The summed E-state index contributed by atoms with van der Waals surface area (Å²) < 4.78 is 0.955. The number of carbonyl (C=O) groups is 2. The molecule has 2 amide bonds. The van der Waals surface area contributed by atoms with Crippen molar-refractivity contribution in [2.24, 2.45) is 0 Å². The molecule has 0 aliphatic heterocycles. The van der Waals surface area contributed by atoms with Crippen molar-refractivity contribution in [2.75, 3.05) is 0 Å². The number of hydrogen-bond acceptors (Lipinski definition) is 2. The fourth-order valence-electron chi connectivity index (χ4n) is 4.80. The van der Waals surface area contributed by atoms with E-state index in [4.69, 9.17) is 0 Å². The Morgan fingerprint density at radius 1 is 0.829 bits per heavy atom. The normalized spacial score (nSPS) is 14.8. The first-order valence-electron chi connectivity index (χ1n) is 12.5. The highest BCUT2D eigenvalue weighted by atomic mass is 79.9. The first-order chi connectivity index (χ1) is 17.1. The largest absolute Gasteiger partial charge is 0.352 e. The van der Waals surface area contributed by atoms with Gasteiger partial charge in [-0.1, -0.05) is 108 Å². The third kappa shape index (κ3) is 7.53. The van der Waals surface area contributed by atoms with E-state index in [0.717, 1.165) is 46.8 Å². The summed E-state index contributed by atoms with van der Waals surface area (Å²) in [5, 5.41) is 3.29. The Morgan fingerprint density at radius 3 is 2.11 bits per heavy atom. The van der Waals surface area contributed by atoms with Gasteiger partial charge in [-0.15, -0.1) is 0 Å². The lowest BCUT2D eigenvalue weighted by molar-refractivity contribution is -0.141. The molecule has 1 fully saturated rings. The molecule has 0 aromatic heterocycles. The Hall–Kier alpha value is -2.92. The molecular formula is C30H33BrN2O2. The molecule has 0 bridgehead atoms. The maximum atomic E-state index is 13.8. The lowest BCUT2D eigenvalue weighted by Gasteiger charge is -2.33. The minimum absolute atomic E-state index is 0.0455. The molecule has 35 heavy (non-hydrogen) atoms. The molecule has 5 heteroatoms. The highest BCUT2D eigenvalue weighted by Crippen LogP contribution is 2.21. The van der Waals surface area contributed by atoms with Crippen molar-refractivity contribution in [2.45, 2.75) is 63.6 Å². The molecule has 0 heterocycles. The number of hydrogen-bond donors (Lipinski definition) is 1.